The standard InChI is InChI=1S/C12H21F2N3O2S/c1-4-20(18,19)6-5-17-11(12(13)14)10(8-16-17)7-15-9(2)3/h8-9,12,15H,4-7H2,1-3H3. The zero-order chi connectivity index (χ0) is 15.3. The van der Waals surface area contributed by atoms with Crippen molar-refractivity contribution in [3.8, 4) is 0 Å². The molecule has 0 aliphatic heterocycles. The van der Waals surface area contributed by atoms with E-state index in [4.69, 9.17) is 0 Å². The fourth-order valence-corrected chi connectivity index (χ4v) is 2.42. The van der Waals surface area contributed by atoms with Gasteiger partial charge in [0.25, 0.3) is 6.43 Å². The Hall–Kier alpha value is -1.02. The van der Waals surface area contributed by atoms with Gasteiger partial charge in [0.1, 0.15) is 5.69 Å². The van der Waals surface area contributed by atoms with Crippen LogP contribution in [0.3, 0.4) is 0 Å². The summed E-state index contributed by atoms with van der Waals surface area (Å²) in [4.78, 5) is 0. The smallest absolute Gasteiger partial charge is 0.280 e. The maximum Gasteiger partial charge on any atom is 0.280 e. The second-order valence-electron chi connectivity index (χ2n) is 4.85. The molecule has 1 aromatic rings. The number of sulfone groups is 1. The van der Waals surface area contributed by atoms with Crippen LogP contribution in [0.25, 0.3) is 0 Å². The molecular weight excluding hydrogens is 288 g/mol. The van der Waals surface area contributed by atoms with Crippen molar-refractivity contribution in [1.82, 2.24) is 15.1 Å². The molecule has 1 rings (SSSR count). The molecule has 0 saturated heterocycles. The molecule has 0 saturated carbocycles. The van der Waals surface area contributed by atoms with Crippen LogP contribution in [0.1, 0.15) is 38.5 Å². The fraction of sp³-hybridized carbons (Fsp3) is 0.750. The first-order chi connectivity index (χ1) is 9.26. The summed E-state index contributed by atoms with van der Waals surface area (Å²) in [5.74, 6) is -0.179. The third kappa shape index (κ3) is 4.82. The molecule has 0 spiro atoms. The maximum atomic E-state index is 13.1. The molecule has 0 aromatic carbocycles. The average Bonchev–Trinajstić information content (AvgIpc) is 2.77. The second kappa shape index (κ2) is 7.12. The van der Waals surface area contributed by atoms with Crippen LogP contribution < -0.4 is 5.32 Å². The van der Waals surface area contributed by atoms with Crippen LogP contribution in [0, 0.1) is 0 Å². The molecular formula is C12H21F2N3O2S. The van der Waals surface area contributed by atoms with Gasteiger partial charge in [-0.1, -0.05) is 20.8 Å². The Balaban J connectivity index is 2.86. The highest BCUT2D eigenvalue weighted by atomic mass is 32.2. The van der Waals surface area contributed by atoms with Crippen molar-refractivity contribution in [3.05, 3.63) is 17.5 Å². The van der Waals surface area contributed by atoms with Gasteiger partial charge in [0, 0.05) is 23.9 Å². The van der Waals surface area contributed by atoms with Gasteiger partial charge in [-0.2, -0.15) is 5.10 Å². The molecule has 0 unspecified atom stereocenters. The van der Waals surface area contributed by atoms with Gasteiger partial charge < -0.3 is 5.32 Å². The minimum Gasteiger partial charge on any atom is -0.310 e. The average molecular weight is 309 g/mol. The molecule has 0 aliphatic carbocycles. The van der Waals surface area contributed by atoms with E-state index in [9.17, 15) is 17.2 Å². The largest absolute Gasteiger partial charge is 0.310 e. The summed E-state index contributed by atoms with van der Waals surface area (Å²) in [6, 6.07) is 0.171. The third-order valence-corrected chi connectivity index (χ3v) is 4.61. The summed E-state index contributed by atoms with van der Waals surface area (Å²) in [7, 11) is -3.20. The van der Waals surface area contributed by atoms with Crippen molar-refractivity contribution in [2.24, 2.45) is 0 Å². The van der Waals surface area contributed by atoms with Gasteiger partial charge in [-0.15, -0.1) is 0 Å². The monoisotopic (exact) mass is 309 g/mol. The van der Waals surface area contributed by atoms with E-state index in [1.165, 1.54) is 13.1 Å². The molecule has 0 bridgehead atoms. The normalized spacial score (nSPS) is 12.6. The van der Waals surface area contributed by atoms with Crippen molar-refractivity contribution < 1.29 is 17.2 Å². The summed E-state index contributed by atoms with van der Waals surface area (Å²) in [6.45, 7) is 5.61. The van der Waals surface area contributed by atoms with Crippen molar-refractivity contribution in [2.75, 3.05) is 11.5 Å². The van der Waals surface area contributed by atoms with Crippen LogP contribution >= 0.6 is 0 Å². The number of alkyl halides is 2. The molecule has 1 N–H and O–H groups in total. The lowest BCUT2D eigenvalue weighted by Crippen LogP contribution is -2.23. The molecule has 0 fully saturated rings. The summed E-state index contributed by atoms with van der Waals surface area (Å²) in [6.07, 6.45) is -1.30. The molecule has 0 atom stereocenters. The first-order valence-electron chi connectivity index (χ1n) is 6.53. The van der Waals surface area contributed by atoms with E-state index in [0.29, 0.717) is 5.56 Å². The third-order valence-electron chi connectivity index (χ3n) is 2.92. The Labute approximate surface area is 118 Å². The number of aromatic nitrogens is 2. The Morgan fingerprint density at radius 1 is 1.40 bits per heavy atom. The summed E-state index contributed by atoms with van der Waals surface area (Å²) >= 11 is 0. The van der Waals surface area contributed by atoms with Crippen molar-refractivity contribution in [2.45, 2.75) is 46.3 Å². The van der Waals surface area contributed by atoms with Gasteiger partial charge in [0.05, 0.1) is 18.5 Å². The molecule has 1 aromatic heterocycles. The SMILES string of the molecule is CCS(=O)(=O)CCn1ncc(CNC(C)C)c1C(F)F. The van der Waals surface area contributed by atoms with Crippen molar-refractivity contribution in [1.29, 1.82) is 0 Å². The molecule has 116 valence electrons. The fourth-order valence-electron chi connectivity index (χ4n) is 1.68. The maximum absolute atomic E-state index is 13.1. The lowest BCUT2D eigenvalue weighted by molar-refractivity contribution is 0.138. The number of nitrogens with zero attached hydrogens (tertiary/aromatic N) is 2. The molecule has 8 heteroatoms. The van der Waals surface area contributed by atoms with E-state index in [2.05, 4.69) is 10.4 Å². The van der Waals surface area contributed by atoms with Gasteiger partial charge in [-0.3, -0.25) is 4.68 Å². The highest BCUT2D eigenvalue weighted by Gasteiger charge is 2.21. The van der Waals surface area contributed by atoms with Gasteiger partial charge in [-0.05, 0) is 0 Å². The topological polar surface area (TPSA) is 64.0 Å². The molecule has 20 heavy (non-hydrogen) atoms. The van der Waals surface area contributed by atoms with E-state index in [1.54, 1.807) is 0 Å². The zero-order valence-corrected chi connectivity index (χ0v) is 12.8. The van der Waals surface area contributed by atoms with Crippen LogP contribution in [0.4, 0.5) is 8.78 Å². The zero-order valence-electron chi connectivity index (χ0n) is 11.9. The molecule has 1 heterocycles. The molecule has 0 radical (unpaired) electrons. The number of hydrogen-bond acceptors (Lipinski definition) is 4. The number of hydrogen-bond donors (Lipinski definition) is 1. The minimum atomic E-state index is -3.20. The van der Waals surface area contributed by atoms with Gasteiger partial charge >= 0.3 is 0 Å². The van der Waals surface area contributed by atoms with Crippen LogP contribution in [-0.2, 0) is 22.9 Å². The second-order valence-corrected chi connectivity index (χ2v) is 7.32. The molecule has 0 aliphatic rings. The molecule has 5 nitrogen and oxygen atoms in total. The van der Waals surface area contributed by atoms with Crippen LogP contribution in [0.2, 0.25) is 0 Å². The van der Waals surface area contributed by atoms with Crippen LogP contribution in [0.5, 0.6) is 0 Å². The lowest BCUT2D eigenvalue weighted by Gasteiger charge is -2.11. The number of aryl methyl sites for hydroxylation is 1. The number of nitrogens with one attached hydrogen (secondary N) is 1. The Bertz CT molecular complexity index is 527. The highest BCUT2D eigenvalue weighted by molar-refractivity contribution is 7.91. The first kappa shape index (κ1) is 17.0. The van der Waals surface area contributed by atoms with Gasteiger partial charge in [0.15, 0.2) is 9.84 Å². The minimum absolute atomic E-state index is 0.0000423. The molecule has 0 amide bonds. The van der Waals surface area contributed by atoms with Crippen LogP contribution in [-0.4, -0.2) is 35.7 Å². The highest BCUT2D eigenvalue weighted by Crippen LogP contribution is 2.23. The van der Waals surface area contributed by atoms with Gasteiger partial charge in [0.2, 0.25) is 0 Å². The van der Waals surface area contributed by atoms with E-state index in [-0.39, 0.29) is 36.3 Å². The van der Waals surface area contributed by atoms with Crippen LogP contribution in [0.15, 0.2) is 6.20 Å². The Morgan fingerprint density at radius 2 is 2.05 bits per heavy atom. The van der Waals surface area contributed by atoms with E-state index < -0.39 is 16.3 Å². The summed E-state index contributed by atoms with van der Waals surface area (Å²) < 4.78 is 50.2. The van der Waals surface area contributed by atoms with Gasteiger partial charge in [-0.25, -0.2) is 17.2 Å². The Morgan fingerprint density at radius 3 is 2.55 bits per heavy atom. The lowest BCUT2D eigenvalue weighted by atomic mass is 10.2. The van der Waals surface area contributed by atoms with E-state index >= 15 is 0 Å². The first-order valence-corrected chi connectivity index (χ1v) is 8.35. The predicted octanol–water partition coefficient (Wildman–Crippen LogP) is 1.75. The van der Waals surface area contributed by atoms with Crippen molar-refractivity contribution in [3.63, 3.8) is 0 Å². The Kier molecular flexibility index (Phi) is 6.07. The number of rotatable bonds is 8. The van der Waals surface area contributed by atoms with Crippen molar-refractivity contribution >= 4 is 9.84 Å². The van der Waals surface area contributed by atoms with E-state index in [0.717, 1.165) is 4.68 Å². The quantitative estimate of drug-likeness (QED) is 0.794. The predicted molar refractivity (Wildman–Crippen MR) is 73.5 cm³/mol. The summed E-state index contributed by atoms with van der Waals surface area (Å²) in [5.41, 5.74) is 0.201. The summed E-state index contributed by atoms with van der Waals surface area (Å²) in [5, 5.41) is 6.93. The number of halogens is 2. The van der Waals surface area contributed by atoms with E-state index in [1.807, 2.05) is 13.8 Å².